The maximum atomic E-state index is 12.5. The van der Waals surface area contributed by atoms with E-state index in [0.29, 0.717) is 17.2 Å². The second-order valence-corrected chi connectivity index (χ2v) is 5.26. The molecule has 4 rings (SSSR count). The van der Waals surface area contributed by atoms with Gasteiger partial charge in [0.15, 0.2) is 11.5 Å². The Labute approximate surface area is 147 Å². The number of rotatable bonds is 4. The zero-order valence-electron chi connectivity index (χ0n) is 13.6. The number of anilines is 1. The first kappa shape index (κ1) is 15.6. The number of aryl methyl sites for hydroxylation is 1. The first-order valence-corrected chi connectivity index (χ1v) is 7.58. The molecule has 10 nitrogen and oxygen atoms in total. The van der Waals surface area contributed by atoms with Gasteiger partial charge in [0.25, 0.3) is 5.91 Å². The predicted molar refractivity (Wildman–Crippen MR) is 89.4 cm³/mol. The minimum absolute atomic E-state index is 0.0435. The smallest absolute Gasteiger partial charge is 0.302 e. The third kappa shape index (κ3) is 2.90. The van der Waals surface area contributed by atoms with Crippen LogP contribution in [0.4, 0.5) is 6.01 Å². The van der Waals surface area contributed by atoms with E-state index in [1.807, 2.05) is 19.1 Å². The number of hydrogen-bond acceptors (Lipinski definition) is 8. The number of pyridine rings is 1. The molecule has 0 aliphatic heterocycles. The zero-order chi connectivity index (χ0) is 17.9. The van der Waals surface area contributed by atoms with Crippen molar-refractivity contribution in [3.05, 3.63) is 60.6 Å². The lowest BCUT2D eigenvalue weighted by Crippen LogP contribution is -2.17. The molecule has 0 saturated heterocycles. The monoisotopic (exact) mass is 348 g/mol. The molecule has 0 aliphatic carbocycles. The molecule has 1 amide bonds. The summed E-state index contributed by atoms with van der Waals surface area (Å²) in [6.45, 7) is 1.92. The van der Waals surface area contributed by atoms with Gasteiger partial charge in [0.2, 0.25) is 0 Å². The number of carbonyl (C=O) groups is 1. The predicted octanol–water partition coefficient (Wildman–Crippen LogP) is 1.67. The Morgan fingerprint density at radius 2 is 2.12 bits per heavy atom. The number of nitrogens with one attached hydrogen (secondary N) is 1. The van der Waals surface area contributed by atoms with Gasteiger partial charge in [-0.05, 0) is 18.6 Å². The van der Waals surface area contributed by atoms with E-state index in [1.165, 1.54) is 35.7 Å². The first-order valence-electron chi connectivity index (χ1n) is 7.58. The van der Waals surface area contributed by atoms with Crippen molar-refractivity contribution in [1.29, 1.82) is 0 Å². The number of hydrogen-bond donors (Lipinski definition) is 1. The topological polar surface area (TPSA) is 125 Å². The number of oxazole rings is 1. The lowest BCUT2D eigenvalue weighted by molar-refractivity contribution is 0.101. The van der Waals surface area contributed by atoms with Gasteiger partial charge >= 0.3 is 6.01 Å². The summed E-state index contributed by atoms with van der Waals surface area (Å²) < 4.78 is 6.60. The van der Waals surface area contributed by atoms with Gasteiger partial charge in [-0.3, -0.25) is 20.1 Å². The van der Waals surface area contributed by atoms with Crippen molar-refractivity contribution < 1.29 is 9.21 Å². The highest BCUT2D eigenvalue weighted by atomic mass is 16.4. The van der Waals surface area contributed by atoms with Gasteiger partial charge in [-0.25, -0.2) is 4.98 Å². The van der Waals surface area contributed by atoms with Crippen LogP contribution in [-0.4, -0.2) is 40.8 Å². The SMILES string of the molecule is Cc1cccnc1-c1coc(NC(=O)c2cnnn2-c2cnccn2)n1. The Bertz CT molecular complexity index is 1060. The molecule has 4 aromatic rings. The molecule has 1 N–H and O–H groups in total. The standard InChI is InChI=1S/C16H12N8O2/c1-10-3-2-4-19-14(10)11-9-26-16(21-11)22-15(25)12-7-20-23-24(12)13-8-17-5-6-18-13/h2-9H,1H3,(H,21,22,25). The minimum atomic E-state index is -0.494. The average molecular weight is 348 g/mol. The third-order valence-corrected chi connectivity index (χ3v) is 3.53. The number of nitrogens with zero attached hydrogens (tertiary/aromatic N) is 7. The van der Waals surface area contributed by atoms with Crippen LogP contribution in [0.15, 0.2) is 53.8 Å². The summed E-state index contributed by atoms with van der Waals surface area (Å²) in [5, 5.41) is 10.2. The van der Waals surface area contributed by atoms with E-state index in [1.54, 1.807) is 6.20 Å². The fraction of sp³-hybridized carbons (Fsp3) is 0.0625. The Hall–Kier alpha value is -3.95. The summed E-state index contributed by atoms with van der Waals surface area (Å²) in [6.07, 6.45) is 8.90. The summed E-state index contributed by atoms with van der Waals surface area (Å²) in [5.41, 5.74) is 2.32. The molecule has 10 heteroatoms. The Morgan fingerprint density at radius 1 is 1.19 bits per heavy atom. The molecule has 0 aliphatic rings. The second kappa shape index (κ2) is 6.51. The fourth-order valence-electron chi connectivity index (χ4n) is 2.31. The van der Waals surface area contributed by atoms with Gasteiger partial charge in [0.1, 0.15) is 12.0 Å². The Kier molecular flexibility index (Phi) is 3.90. The fourth-order valence-corrected chi connectivity index (χ4v) is 2.31. The van der Waals surface area contributed by atoms with Crippen molar-refractivity contribution in [3.8, 4) is 17.2 Å². The lowest BCUT2D eigenvalue weighted by Gasteiger charge is -2.03. The molecule has 0 aromatic carbocycles. The van der Waals surface area contributed by atoms with Crippen LogP contribution in [0.3, 0.4) is 0 Å². The van der Waals surface area contributed by atoms with E-state index < -0.39 is 5.91 Å². The van der Waals surface area contributed by atoms with E-state index in [4.69, 9.17) is 4.42 Å². The van der Waals surface area contributed by atoms with Crippen LogP contribution in [0.2, 0.25) is 0 Å². The van der Waals surface area contributed by atoms with Crippen LogP contribution in [0.1, 0.15) is 16.1 Å². The van der Waals surface area contributed by atoms with E-state index in [-0.39, 0.29) is 11.7 Å². The zero-order valence-corrected chi connectivity index (χ0v) is 13.6. The summed E-state index contributed by atoms with van der Waals surface area (Å²) in [6, 6.07) is 3.80. The molecule has 0 fully saturated rings. The van der Waals surface area contributed by atoms with Crippen molar-refractivity contribution in [2.75, 3.05) is 5.32 Å². The van der Waals surface area contributed by atoms with Crippen LogP contribution in [0, 0.1) is 6.92 Å². The minimum Gasteiger partial charge on any atom is -0.431 e. The van der Waals surface area contributed by atoms with Crippen molar-refractivity contribution >= 4 is 11.9 Å². The van der Waals surface area contributed by atoms with Crippen molar-refractivity contribution in [2.24, 2.45) is 0 Å². The molecule has 0 bridgehead atoms. The van der Waals surface area contributed by atoms with E-state index in [0.717, 1.165) is 5.56 Å². The highest BCUT2D eigenvalue weighted by molar-refractivity contribution is 6.02. The molecule has 0 unspecified atom stereocenters. The molecule has 0 radical (unpaired) electrons. The quantitative estimate of drug-likeness (QED) is 0.590. The van der Waals surface area contributed by atoms with Gasteiger partial charge < -0.3 is 4.42 Å². The second-order valence-electron chi connectivity index (χ2n) is 5.26. The molecule has 0 spiro atoms. The van der Waals surface area contributed by atoms with Crippen molar-refractivity contribution in [1.82, 2.24) is 34.9 Å². The molecule has 0 atom stereocenters. The normalized spacial score (nSPS) is 10.7. The highest BCUT2D eigenvalue weighted by Crippen LogP contribution is 2.21. The third-order valence-electron chi connectivity index (χ3n) is 3.53. The molecule has 0 saturated carbocycles. The van der Waals surface area contributed by atoms with Gasteiger partial charge in [0.05, 0.1) is 18.1 Å². The van der Waals surface area contributed by atoms with Crippen LogP contribution in [0.5, 0.6) is 0 Å². The van der Waals surface area contributed by atoms with E-state index >= 15 is 0 Å². The maximum absolute atomic E-state index is 12.5. The van der Waals surface area contributed by atoms with Crippen LogP contribution in [0.25, 0.3) is 17.2 Å². The van der Waals surface area contributed by atoms with Crippen molar-refractivity contribution in [2.45, 2.75) is 6.92 Å². The molecule has 26 heavy (non-hydrogen) atoms. The van der Waals surface area contributed by atoms with Gasteiger partial charge in [-0.2, -0.15) is 9.67 Å². The average Bonchev–Trinajstić information content (AvgIpc) is 3.32. The van der Waals surface area contributed by atoms with E-state index in [9.17, 15) is 4.79 Å². The maximum Gasteiger partial charge on any atom is 0.302 e. The van der Waals surface area contributed by atoms with Gasteiger partial charge in [-0.15, -0.1) is 5.10 Å². The van der Waals surface area contributed by atoms with Crippen molar-refractivity contribution in [3.63, 3.8) is 0 Å². The molecule has 128 valence electrons. The van der Waals surface area contributed by atoms with E-state index in [2.05, 4.69) is 35.6 Å². The van der Waals surface area contributed by atoms with Gasteiger partial charge in [0, 0.05) is 18.6 Å². The summed E-state index contributed by atoms with van der Waals surface area (Å²) in [7, 11) is 0. The largest absolute Gasteiger partial charge is 0.431 e. The summed E-state index contributed by atoms with van der Waals surface area (Å²) >= 11 is 0. The number of aromatic nitrogens is 7. The molecule has 4 aromatic heterocycles. The summed E-state index contributed by atoms with van der Waals surface area (Å²) in [5.74, 6) is -0.126. The molecule has 4 heterocycles. The number of carbonyl (C=O) groups excluding carboxylic acids is 1. The Balaban J connectivity index is 1.57. The first-order chi connectivity index (χ1) is 12.7. The highest BCUT2D eigenvalue weighted by Gasteiger charge is 2.18. The number of amides is 1. The van der Waals surface area contributed by atoms with Crippen LogP contribution < -0.4 is 5.32 Å². The summed E-state index contributed by atoms with van der Waals surface area (Å²) in [4.78, 5) is 29.1. The van der Waals surface area contributed by atoms with Gasteiger partial charge in [-0.1, -0.05) is 11.3 Å². The molecular formula is C16H12N8O2. The lowest BCUT2D eigenvalue weighted by atomic mass is 10.2. The Morgan fingerprint density at radius 3 is 2.92 bits per heavy atom. The van der Waals surface area contributed by atoms with Crippen LogP contribution in [-0.2, 0) is 0 Å². The molecular weight excluding hydrogens is 336 g/mol. The van der Waals surface area contributed by atoms with Crippen LogP contribution >= 0.6 is 0 Å².